The maximum Gasteiger partial charge on any atom is 0.127 e. The van der Waals surface area contributed by atoms with Crippen LogP contribution < -0.4 is 4.74 Å². The van der Waals surface area contributed by atoms with Gasteiger partial charge in [0.2, 0.25) is 0 Å². The first kappa shape index (κ1) is 14.4. The van der Waals surface area contributed by atoms with Crippen molar-refractivity contribution in [2.45, 2.75) is 51.2 Å². The Morgan fingerprint density at radius 2 is 1.95 bits per heavy atom. The average molecular weight is 264 g/mol. The number of hydrogen-bond donors (Lipinski definition) is 1. The van der Waals surface area contributed by atoms with E-state index in [0.717, 1.165) is 29.7 Å². The van der Waals surface area contributed by atoms with Crippen LogP contribution in [0.4, 0.5) is 0 Å². The molecule has 0 amide bonds. The lowest BCUT2D eigenvalue weighted by molar-refractivity contribution is -0.100. The van der Waals surface area contributed by atoms with Crippen molar-refractivity contribution < 1.29 is 14.6 Å². The number of aliphatic hydroxyl groups is 1. The minimum absolute atomic E-state index is 0.136. The molecule has 106 valence electrons. The van der Waals surface area contributed by atoms with E-state index in [1.165, 1.54) is 12.0 Å². The summed E-state index contributed by atoms with van der Waals surface area (Å²) in [4.78, 5) is 0. The Labute approximate surface area is 115 Å². The van der Waals surface area contributed by atoms with Gasteiger partial charge in [0.25, 0.3) is 0 Å². The van der Waals surface area contributed by atoms with E-state index in [4.69, 9.17) is 9.47 Å². The third-order valence-corrected chi connectivity index (χ3v) is 4.53. The number of aliphatic hydroxyl groups excluding tert-OH is 1. The maximum absolute atomic E-state index is 10.5. The van der Waals surface area contributed by atoms with Gasteiger partial charge < -0.3 is 14.6 Å². The molecule has 0 aliphatic heterocycles. The summed E-state index contributed by atoms with van der Waals surface area (Å²) in [6.07, 6.45) is 3.36. The molecule has 1 N–H and O–H groups in total. The Morgan fingerprint density at radius 1 is 1.26 bits per heavy atom. The molecule has 0 bridgehead atoms. The normalized spacial score (nSPS) is 18.8. The molecule has 1 saturated carbocycles. The largest absolute Gasteiger partial charge is 0.496 e. The van der Waals surface area contributed by atoms with E-state index in [1.807, 2.05) is 19.1 Å². The summed E-state index contributed by atoms with van der Waals surface area (Å²) in [6.45, 7) is 4.08. The number of hydrogen-bond acceptors (Lipinski definition) is 3. The first-order valence-electron chi connectivity index (χ1n) is 6.90. The first-order valence-corrected chi connectivity index (χ1v) is 6.90. The van der Waals surface area contributed by atoms with Crippen molar-refractivity contribution in [1.82, 2.24) is 0 Å². The van der Waals surface area contributed by atoms with Crippen LogP contribution in [0.1, 0.15) is 48.5 Å². The molecule has 0 radical (unpaired) electrons. The molecule has 1 aliphatic carbocycles. The van der Waals surface area contributed by atoms with Gasteiger partial charge >= 0.3 is 0 Å². The summed E-state index contributed by atoms with van der Waals surface area (Å²) in [5.41, 5.74) is 3.01. The SMILES string of the molecule is COc1c(C(O)CC2(OC)CCC2)ccc(C)c1C. The number of rotatable bonds is 5. The van der Waals surface area contributed by atoms with Gasteiger partial charge in [0.1, 0.15) is 5.75 Å². The molecule has 0 spiro atoms. The molecule has 3 nitrogen and oxygen atoms in total. The van der Waals surface area contributed by atoms with E-state index in [0.29, 0.717) is 6.42 Å². The molecule has 1 aromatic rings. The summed E-state index contributed by atoms with van der Waals surface area (Å²) >= 11 is 0. The molecule has 1 aliphatic rings. The average Bonchev–Trinajstić information content (AvgIpc) is 2.36. The molecule has 19 heavy (non-hydrogen) atoms. The van der Waals surface area contributed by atoms with Crippen molar-refractivity contribution in [3.8, 4) is 5.75 Å². The third kappa shape index (κ3) is 2.63. The summed E-state index contributed by atoms with van der Waals surface area (Å²) < 4.78 is 11.1. The van der Waals surface area contributed by atoms with Gasteiger partial charge in [0.05, 0.1) is 18.8 Å². The predicted molar refractivity (Wildman–Crippen MR) is 75.6 cm³/mol. The molecule has 3 heteroatoms. The smallest absolute Gasteiger partial charge is 0.127 e. The molecule has 1 aromatic carbocycles. The summed E-state index contributed by atoms with van der Waals surface area (Å²) in [5, 5.41) is 10.5. The Hall–Kier alpha value is -1.06. The van der Waals surface area contributed by atoms with Crippen LogP contribution in [-0.2, 0) is 4.74 Å². The maximum atomic E-state index is 10.5. The standard InChI is InChI=1S/C16H24O3/c1-11-6-7-13(15(18-3)12(11)2)14(17)10-16(19-4)8-5-9-16/h6-7,14,17H,5,8-10H2,1-4H3. The van der Waals surface area contributed by atoms with Crippen molar-refractivity contribution in [2.24, 2.45) is 0 Å². The minimum Gasteiger partial charge on any atom is -0.496 e. The monoisotopic (exact) mass is 264 g/mol. The zero-order chi connectivity index (χ0) is 14.0. The van der Waals surface area contributed by atoms with Gasteiger partial charge in [0.15, 0.2) is 0 Å². The van der Waals surface area contributed by atoms with E-state index >= 15 is 0 Å². The van der Waals surface area contributed by atoms with E-state index in [1.54, 1.807) is 14.2 Å². The van der Waals surface area contributed by atoms with Gasteiger partial charge in [-0.15, -0.1) is 0 Å². The van der Waals surface area contributed by atoms with Gasteiger partial charge in [-0.1, -0.05) is 12.1 Å². The van der Waals surface area contributed by atoms with Crippen LogP contribution in [0.15, 0.2) is 12.1 Å². The molecule has 0 heterocycles. The van der Waals surface area contributed by atoms with E-state index < -0.39 is 6.10 Å². The Kier molecular flexibility index (Phi) is 4.16. The zero-order valence-electron chi connectivity index (χ0n) is 12.3. The van der Waals surface area contributed by atoms with Gasteiger partial charge in [0, 0.05) is 19.1 Å². The van der Waals surface area contributed by atoms with Crippen LogP contribution in [0.5, 0.6) is 5.75 Å². The molecular weight excluding hydrogens is 240 g/mol. The number of ether oxygens (including phenoxy) is 2. The molecular formula is C16H24O3. The molecule has 1 atom stereocenters. The summed E-state index contributed by atoms with van der Waals surface area (Å²) in [5.74, 6) is 0.804. The number of aryl methyl sites for hydroxylation is 1. The molecule has 1 unspecified atom stereocenters. The highest BCUT2D eigenvalue weighted by Crippen LogP contribution is 2.43. The Balaban J connectivity index is 2.23. The van der Waals surface area contributed by atoms with Crippen LogP contribution in [-0.4, -0.2) is 24.9 Å². The topological polar surface area (TPSA) is 38.7 Å². The Morgan fingerprint density at radius 3 is 2.42 bits per heavy atom. The quantitative estimate of drug-likeness (QED) is 0.886. The Bertz CT molecular complexity index is 444. The van der Waals surface area contributed by atoms with E-state index in [2.05, 4.69) is 6.92 Å². The number of benzene rings is 1. The second-order valence-corrected chi connectivity index (χ2v) is 5.59. The fourth-order valence-corrected chi connectivity index (χ4v) is 2.87. The third-order valence-electron chi connectivity index (χ3n) is 4.53. The highest BCUT2D eigenvalue weighted by Gasteiger charge is 2.39. The van der Waals surface area contributed by atoms with Crippen LogP contribution in [0.25, 0.3) is 0 Å². The van der Waals surface area contributed by atoms with Crippen molar-refractivity contribution >= 4 is 0 Å². The first-order chi connectivity index (χ1) is 9.03. The number of methoxy groups -OCH3 is 2. The van der Waals surface area contributed by atoms with Gasteiger partial charge in [-0.3, -0.25) is 0 Å². The lowest BCUT2D eigenvalue weighted by atomic mass is 9.75. The molecule has 0 saturated heterocycles. The fraction of sp³-hybridized carbons (Fsp3) is 0.625. The van der Waals surface area contributed by atoms with Crippen molar-refractivity contribution in [3.05, 3.63) is 28.8 Å². The van der Waals surface area contributed by atoms with Crippen molar-refractivity contribution in [2.75, 3.05) is 14.2 Å². The second-order valence-electron chi connectivity index (χ2n) is 5.59. The van der Waals surface area contributed by atoms with Crippen LogP contribution in [0, 0.1) is 13.8 Å². The molecule has 2 rings (SSSR count). The van der Waals surface area contributed by atoms with Crippen LogP contribution in [0.2, 0.25) is 0 Å². The zero-order valence-corrected chi connectivity index (χ0v) is 12.3. The van der Waals surface area contributed by atoms with Crippen LogP contribution >= 0.6 is 0 Å². The lowest BCUT2D eigenvalue weighted by Gasteiger charge is -2.42. The van der Waals surface area contributed by atoms with E-state index in [-0.39, 0.29) is 5.60 Å². The second kappa shape index (κ2) is 5.51. The van der Waals surface area contributed by atoms with Crippen LogP contribution in [0.3, 0.4) is 0 Å². The van der Waals surface area contributed by atoms with Gasteiger partial charge in [-0.05, 0) is 44.2 Å². The predicted octanol–water partition coefficient (Wildman–Crippen LogP) is 3.30. The van der Waals surface area contributed by atoms with Crippen molar-refractivity contribution in [1.29, 1.82) is 0 Å². The summed E-state index contributed by atoms with van der Waals surface area (Å²) in [6, 6.07) is 4.00. The minimum atomic E-state index is -0.533. The van der Waals surface area contributed by atoms with Gasteiger partial charge in [-0.2, -0.15) is 0 Å². The van der Waals surface area contributed by atoms with E-state index in [9.17, 15) is 5.11 Å². The van der Waals surface area contributed by atoms with Crippen molar-refractivity contribution in [3.63, 3.8) is 0 Å². The molecule has 1 fully saturated rings. The lowest BCUT2D eigenvalue weighted by Crippen LogP contribution is -2.40. The van der Waals surface area contributed by atoms with Gasteiger partial charge in [-0.25, -0.2) is 0 Å². The molecule has 0 aromatic heterocycles. The summed E-state index contributed by atoms with van der Waals surface area (Å²) in [7, 11) is 3.40. The highest BCUT2D eigenvalue weighted by molar-refractivity contribution is 5.46. The highest BCUT2D eigenvalue weighted by atomic mass is 16.5. The fourth-order valence-electron chi connectivity index (χ4n) is 2.87.